The summed E-state index contributed by atoms with van der Waals surface area (Å²) < 4.78 is 12.8. The van der Waals surface area contributed by atoms with Gasteiger partial charge in [-0.25, -0.2) is 4.79 Å². The standard InChI is InChI=1S/C29H28Br2N4O5/c1-2-39-25(9-5-6-10-26(36)35-24-8-4-3-7-23(24)33)28(21-15-19(30)16-22(31)27(21)37)40-29(38)34-20-13-11-18(17-32)12-14-20/h3-4,6-8,10-16,25,28,37H,2,5,9,33H2,1H3,(H,34,38)(H,35,36)/b10-6+/t25-,28-/m1/s1. The van der Waals surface area contributed by atoms with Crippen LogP contribution >= 0.6 is 31.9 Å². The molecule has 0 saturated carbocycles. The number of hydrogen-bond acceptors (Lipinski definition) is 7. The molecule has 0 radical (unpaired) electrons. The number of nitrogen functional groups attached to an aromatic ring is 1. The summed E-state index contributed by atoms with van der Waals surface area (Å²) in [5, 5.41) is 25.2. The minimum atomic E-state index is -1.00. The molecule has 0 unspecified atom stereocenters. The van der Waals surface area contributed by atoms with E-state index in [1.54, 1.807) is 66.7 Å². The second kappa shape index (κ2) is 15.1. The van der Waals surface area contributed by atoms with Gasteiger partial charge < -0.3 is 25.6 Å². The lowest BCUT2D eigenvalue weighted by Crippen LogP contribution is -2.29. The topological polar surface area (TPSA) is 147 Å². The van der Waals surface area contributed by atoms with Crippen LogP contribution in [0.3, 0.4) is 0 Å². The third-order valence-corrected chi connectivity index (χ3v) is 6.75. The number of nitrogens with one attached hydrogen (secondary N) is 2. The van der Waals surface area contributed by atoms with Gasteiger partial charge in [0.15, 0.2) is 6.10 Å². The number of carbonyl (C=O) groups is 2. The Kier molecular flexibility index (Phi) is 11.6. The van der Waals surface area contributed by atoms with Crippen molar-refractivity contribution in [2.24, 2.45) is 0 Å². The minimum absolute atomic E-state index is 0.0977. The number of allylic oxidation sites excluding steroid dienone is 1. The van der Waals surface area contributed by atoms with Crippen molar-refractivity contribution in [2.75, 3.05) is 23.0 Å². The number of benzene rings is 3. The van der Waals surface area contributed by atoms with Crippen LogP contribution in [0.15, 0.2) is 81.8 Å². The lowest BCUT2D eigenvalue weighted by molar-refractivity contribution is -0.111. The number of aromatic hydroxyl groups is 1. The van der Waals surface area contributed by atoms with Crippen molar-refractivity contribution >= 4 is 60.9 Å². The third kappa shape index (κ3) is 8.84. The van der Waals surface area contributed by atoms with E-state index < -0.39 is 18.3 Å². The van der Waals surface area contributed by atoms with Crippen molar-refractivity contribution in [1.29, 1.82) is 5.26 Å². The van der Waals surface area contributed by atoms with Gasteiger partial charge >= 0.3 is 6.09 Å². The molecule has 0 aliphatic rings. The normalized spacial score (nSPS) is 12.3. The number of para-hydroxylation sites is 2. The predicted octanol–water partition coefficient (Wildman–Crippen LogP) is 7.04. The summed E-state index contributed by atoms with van der Waals surface area (Å²) in [4.78, 5) is 25.3. The van der Waals surface area contributed by atoms with Crippen molar-refractivity contribution in [3.63, 3.8) is 0 Å². The SMILES string of the molecule is CCO[C@H](CC/C=C/C(=O)Nc1ccccc1N)[C@H](OC(=O)Nc1ccc(C#N)cc1)c1cc(Br)cc(Br)c1O. The number of hydrogen-bond donors (Lipinski definition) is 4. The molecule has 0 aliphatic carbocycles. The summed E-state index contributed by atoms with van der Waals surface area (Å²) in [5.41, 5.74) is 8.07. The van der Waals surface area contributed by atoms with Gasteiger partial charge in [-0.3, -0.25) is 10.1 Å². The number of nitrogens with two attached hydrogens (primary N) is 1. The molecule has 0 aromatic heterocycles. The average molecular weight is 672 g/mol. The number of nitrogens with zero attached hydrogens (tertiary/aromatic N) is 1. The molecule has 40 heavy (non-hydrogen) atoms. The second-order valence-electron chi connectivity index (χ2n) is 8.52. The molecular weight excluding hydrogens is 644 g/mol. The molecule has 3 rings (SSSR count). The van der Waals surface area contributed by atoms with Crippen molar-refractivity contribution in [3.05, 3.63) is 92.9 Å². The van der Waals surface area contributed by atoms with Crippen LogP contribution in [0.1, 0.15) is 37.0 Å². The Bertz CT molecular complexity index is 1410. The summed E-state index contributed by atoms with van der Waals surface area (Å²) in [6.07, 6.45) is 1.42. The monoisotopic (exact) mass is 670 g/mol. The third-order valence-electron chi connectivity index (χ3n) is 5.68. The largest absolute Gasteiger partial charge is 0.506 e. The number of phenolic OH excluding ortho intramolecular Hbond substituents is 1. The Hall–Kier alpha value is -3.85. The zero-order valence-corrected chi connectivity index (χ0v) is 24.7. The Morgan fingerprint density at radius 2 is 1.85 bits per heavy atom. The number of rotatable bonds is 11. The van der Waals surface area contributed by atoms with Crippen LogP contribution in [0, 0.1) is 11.3 Å². The maximum Gasteiger partial charge on any atom is 0.412 e. The highest BCUT2D eigenvalue weighted by Gasteiger charge is 2.31. The van der Waals surface area contributed by atoms with Gasteiger partial charge in [-0.2, -0.15) is 5.26 Å². The van der Waals surface area contributed by atoms with Crippen LogP contribution in [0.5, 0.6) is 5.75 Å². The molecule has 0 aliphatic heterocycles. The zero-order valence-electron chi connectivity index (χ0n) is 21.6. The summed E-state index contributed by atoms with van der Waals surface area (Å²) in [6, 6.07) is 18.6. The van der Waals surface area contributed by atoms with E-state index >= 15 is 0 Å². The van der Waals surface area contributed by atoms with E-state index in [0.717, 1.165) is 0 Å². The van der Waals surface area contributed by atoms with E-state index in [4.69, 9.17) is 20.5 Å². The number of anilines is 3. The maximum absolute atomic E-state index is 12.9. The van der Waals surface area contributed by atoms with Gasteiger partial charge in [0.1, 0.15) is 5.75 Å². The fraction of sp³-hybridized carbons (Fsp3) is 0.207. The summed E-state index contributed by atoms with van der Waals surface area (Å²) in [6.45, 7) is 2.13. The van der Waals surface area contributed by atoms with Crippen molar-refractivity contribution in [2.45, 2.75) is 32.0 Å². The van der Waals surface area contributed by atoms with E-state index in [0.29, 0.717) is 56.6 Å². The van der Waals surface area contributed by atoms with Crippen LogP contribution in [0.25, 0.3) is 0 Å². The van der Waals surface area contributed by atoms with Crippen molar-refractivity contribution in [1.82, 2.24) is 0 Å². The van der Waals surface area contributed by atoms with E-state index in [2.05, 4.69) is 42.5 Å². The molecule has 0 heterocycles. The first-order chi connectivity index (χ1) is 19.2. The number of halogens is 2. The summed E-state index contributed by atoms with van der Waals surface area (Å²) in [7, 11) is 0. The average Bonchev–Trinajstić information content (AvgIpc) is 2.93. The zero-order chi connectivity index (χ0) is 29.1. The van der Waals surface area contributed by atoms with Crippen LogP contribution < -0.4 is 16.4 Å². The number of carbonyl (C=O) groups excluding carboxylic acids is 2. The Morgan fingerprint density at radius 1 is 1.12 bits per heavy atom. The number of nitriles is 1. The van der Waals surface area contributed by atoms with Crippen molar-refractivity contribution in [3.8, 4) is 11.8 Å². The molecule has 0 bridgehead atoms. The highest BCUT2D eigenvalue weighted by atomic mass is 79.9. The van der Waals surface area contributed by atoms with Crippen LogP contribution in [-0.4, -0.2) is 29.8 Å². The highest BCUT2D eigenvalue weighted by molar-refractivity contribution is 9.11. The molecular formula is C29H28Br2N4O5. The molecule has 2 atom stereocenters. The summed E-state index contributed by atoms with van der Waals surface area (Å²) >= 11 is 6.75. The van der Waals surface area contributed by atoms with Gasteiger partial charge in [-0.1, -0.05) is 34.1 Å². The van der Waals surface area contributed by atoms with Crippen LogP contribution in [0.2, 0.25) is 0 Å². The molecule has 3 aromatic carbocycles. The molecule has 5 N–H and O–H groups in total. The molecule has 208 valence electrons. The van der Waals surface area contributed by atoms with E-state index in [9.17, 15) is 14.7 Å². The van der Waals surface area contributed by atoms with Gasteiger partial charge in [0.2, 0.25) is 5.91 Å². The quantitative estimate of drug-likeness (QED) is 0.126. The second-order valence-corrected chi connectivity index (χ2v) is 10.3. The van der Waals surface area contributed by atoms with E-state index in [1.807, 2.05) is 13.0 Å². The fourth-order valence-electron chi connectivity index (χ4n) is 3.81. The van der Waals surface area contributed by atoms with Gasteiger partial charge in [0, 0.05) is 22.3 Å². The number of ether oxygens (including phenoxy) is 2. The Morgan fingerprint density at radius 3 is 2.52 bits per heavy atom. The number of phenols is 1. The Labute approximate surface area is 249 Å². The molecule has 2 amide bonds. The number of amides is 2. The minimum Gasteiger partial charge on any atom is -0.506 e. The Balaban J connectivity index is 1.77. The smallest absolute Gasteiger partial charge is 0.412 e. The van der Waals surface area contributed by atoms with Crippen LogP contribution in [-0.2, 0) is 14.3 Å². The van der Waals surface area contributed by atoms with Gasteiger partial charge in [0.05, 0.1) is 33.6 Å². The van der Waals surface area contributed by atoms with Gasteiger partial charge in [-0.15, -0.1) is 0 Å². The first kappa shape index (κ1) is 30.7. The highest BCUT2D eigenvalue weighted by Crippen LogP contribution is 2.39. The molecule has 0 spiro atoms. The van der Waals surface area contributed by atoms with Crippen LogP contribution in [0.4, 0.5) is 21.9 Å². The maximum atomic E-state index is 12.9. The molecule has 0 fully saturated rings. The first-order valence-electron chi connectivity index (χ1n) is 12.3. The predicted molar refractivity (Wildman–Crippen MR) is 161 cm³/mol. The summed E-state index contributed by atoms with van der Waals surface area (Å²) in [5.74, 6) is -0.437. The molecule has 3 aromatic rings. The van der Waals surface area contributed by atoms with Gasteiger partial charge in [-0.05, 0) is 90.3 Å². The lowest BCUT2D eigenvalue weighted by Gasteiger charge is -2.28. The fourth-order valence-corrected chi connectivity index (χ4v) is 5.06. The molecule has 0 saturated heterocycles. The van der Waals surface area contributed by atoms with Crippen molar-refractivity contribution < 1.29 is 24.2 Å². The van der Waals surface area contributed by atoms with E-state index in [-0.39, 0.29) is 11.7 Å². The first-order valence-corrected chi connectivity index (χ1v) is 13.9. The van der Waals surface area contributed by atoms with Gasteiger partial charge in [0.25, 0.3) is 0 Å². The molecule has 11 heteroatoms. The molecule has 9 nitrogen and oxygen atoms in total. The van der Waals surface area contributed by atoms with E-state index in [1.165, 1.54) is 6.08 Å². The lowest BCUT2D eigenvalue weighted by atomic mass is 9.99.